The number of hydrogen-bond donors (Lipinski definition) is 1. The quantitative estimate of drug-likeness (QED) is 0.252. The SMILES string of the molecule is CC(C)(C)OC(=O)CC[C@@H](CCCCNS(=O)(=O)c1ccc(Cl)cc1)CCCc1cccnc1. The first-order chi connectivity index (χ1) is 16.0. The zero-order chi connectivity index (χ0) is 25.0. The summed E-state index contributed by atoms with van der Waals surface area (Å²) in [4.78, 5) is 16.6. The summed E-state index contributed by atoms with van der Waals surface area (Å²) in [5, 5.41) is 0.500. The number of unbranched alkanes of at least 4 members (excludes halogenated alkanes) is 1. The van der Waals surface area contributed by atoms with E-state index in [9.17, 15) is 13.2 Å². The molecule has 0 bridgehead atoms. The molecule has 0 saturated heterocycles. The molecule has 0 saturated carbocycles. The second-order valence-electron chi connectivity index (χ2n) is 9.59. The van der Waals surface area contributed by atoms with Crippen LogP contribution in [-0.2, 0) is 26.0 Å². The number of hydrogen-bond acceptors (Lipinski definition) is 5. The van der Waals surface area contributed by atoms with Gasteiger partial charge in [-0.1, -0.05) is 36.9 Å². The second kappa shape index (κ2) is 13.8. The van der Waals surface area contributed by atoms with Crippen molar-refractivity contribution in [2.24, 2.45) is 5.92 Å². The van der Waals surface area contributed by atoms with E-state index in [1.807, 2.05) is 33.0 Å². The zero-order valence-corrected chi connectivity index (χ0v) is 22.0. The second-order valence-corrected chi connectivity index (χ2v) is 11.8. The summed E-state index contributed by atoms with van der Waals surface area (Å²) >= 11 is 5.84. The summed E-state index contributed by atoms with van der Waals surface area (Å²) < 4.78 is 32.9. The highest BCUT2D eigenvalue weighted by molar-refractivity contribution is 7.89. The molecule has 2 rings (SSSR count). The third-order valence-electron chi connectivity index (χ3n) is 5.43. The maximum absolute atomic E-state index is 12.4. The monoisotopic (exact) mass is 508 g/mol. The molecular weight excluding hydrogens is 472 g/mol. The molecule has 188 valence electrons. The summed E-state index contributed by atoms with van der Waals surface area (Å²) in [5.74, 6) is 0.220. The van der Waals surface area contributed by atoms with Gasteiger partial charge in [0.15, 0.2) is 0 Å². The first-order valence-corrected chi connectivity index (χ1v) is 13.8. The standard InChI is InChI=1S/C26H37ClN2O4S/c1-26(2,3)33-25(30)17-12-21(9-6-10-22-11-7-18-28-20-22)8-4-5-19-29-34(31,32)24-15-13-23(27)14-16-24/h7,11,13-16,18,20-21,29H,4-6,8-10,12,17,19H2,1-3H3/t21-/m0/s1. The van der Waals surface area contributed by atoms with Crippen molar-refractivity contribution in [2.45, 2.75) is 82.6 Å². The largest absolute Gasteiger partial charge is 0.460 e. The lowest BCUT2D eigenvalue weighted by Crippen LogP contribution is -2.25. The van der Waals surface area contributed by atoms with Gasteiger partial charge in [-0.15, -0.1) is 0 Å². The predicted molar refractivity (Wildman–Crippen MR) is 136 cm³/mol. The van der Waals surface area contributed by atoms with Gasteiger partial charge in [-0.05, 0) is 88.3 Å². The van der Waals surface area contributed by atoms with Crippen LogP contribution in [0, 0.1) is 5.92 Å². The van der Waals surface area contributed by atoms with Gasteiger partial charge in [-0.2, -0.15) is 0 Å². The molecule has 0 amide bonds. The van der Waals surface area contributed by atoms with Crippen molar-refractivity contribution >= 4 is 27.6 Å². The minimum absolute atomic E-state index is 0.166. The zero-order valence-electron chi connectivity index (χ0n) is 20.4. The summed E-state index contributed by atoms with van der Waals surface area (Å²) in [6, 6.07) is 10.2. The Morgan fingerprint density at radius 2 is 1.76 bits per heavy atom. The van der Waals surface area contributed by atoms with Gasteiger partial charge in [0.25, 0.3) is 0 Å². The number of pyridine rings is 1. The fourth-order valence-electron chi connectivity index (χ4n) is 3.75. The number of ether oxygens (including phenoxy) is 1. The normalized spacial score (nSPS) is 12.9. The molecule has 2 aromatic rings. The van der Waals surface area contributed by atoms with Crippen molar-refractivity contribution < 1.29 is 17.9 Å². The van der Waals surface area contributed by atoms with E-state index in [0.29, 0.717) is 23.9 Å². The van der Waals surface area contributed by atoms with Gasteiger partial charge >= 0.3 is 5.97 Å². The molecule has 1 aromatic carbocycles. The molecule has 0 radical (unpaired) electrons. The molecule has 1 aromatic heterocycles. The molecule has 34 heavy (non-hydrogen) atoms. The third kappa shape index (κ3) is 11.4. The van der Waals surface area contributed by atoms with E-state index in [-0.39, 0.29) is 10.9 Å². The minimum Gasteiger partial charge on any atom is -0.460 e. The molecule has 0 aliphatic carbocycles. The maximum atomic E-state index is 12.4. The predicted octanol–water partition coefficient (Wildman–Crippen LogP) is 5.94. The molecular formula is C26H37ClN2O4S. The van der Waals surface area contributed by atoms with Gasteiger partial charge in [0.05, 0.1) is 4.90 Å². The number of esters is 1. The summed E-state index contributed by atoms with van der Waals surface area (Å²) in [5.41, 5.74) is 0.735. The number of carbonyl (C=O) groups is 1. The number of carbonyl (C=O) groups excluding carboxylic acids is 1. The number of rotatable bonds is 14. The van der Waals surface area contributed by atoms with Gasteiger partial charge in [-0.25, -0.2) is 13.1 Å². The third-order valence-corrected chi connectivity index (χ3v) is 7.16. The Morgan fingerprint density at radius 1 is 1.06 bits per heavy atom. The smallest absolute Gasteiger partial charge is 0.306 e. The Balaban J connectivity index is 1.79. The fourth-order valence-corrected chi connectivity index (χ4v) is 4.95. The first-order valence-electron chi connectivity index (χ1n) is 11.9. The molecule has 0 aliphatic rings. The van der Waals surface area contributed by atoms with Crippen molar-refractivity contribution in [3.8, 4) is 0 Å². The summed E-state index contributed by atoms with van der Waals surface area (Å²) in [7, 11) is -3.54. The van der Waals surface area contributed by atoms with Crippen LogP contribution in [0.2, 0.25) is 5.02 Å². The van der Waals surface area contributed by atoms with Crippen LogP contribution in [0.1, 0.15) is 71.3 Å². The lowest BCUT2D eigenvalue weighted by Gasteiger charge is -2.21. The van der Waals surface area contributed by atoms with Crippen molar-refractivity contribution in [2.75, 3.05) is 6.54 Å². The van der Waals surface area contributed by atoms with Crippen LogP contribution in [0.5, 0.6) is 0 Å². The molecule has 0 unspecified atom stereocenters. The van der Waals surface area contributed by atoms with Crippen LogP contribution in [-0.4, -0.2) is 31.5 Å². The van der Waals surface area contributed by atoms with E-state index in [4.69, 9.17) is 16.3 Å². The van der Waals surface area contributed by atoms with E-state index in [1.165, 1.54) is 17.7 Å². The van der Waals surface area contributed by atoms with E-state index in [1.54, 1.807) is 18.3 Å². The number of benzene rings is 1. The lowest BCUT2D eigenvalue weighted by atomic mass is 9.90. The Hall–Kier alpha value is -1.96. The maximum Gasteiger partial charge on any atom is 0.306 e. The van der Waals surface area contributed by atoms with Crippen LogP contribution < -0.4 is 4.72 Å². The number of aromatic nitrogens is 1. The minimum atomic E-state index is -3.54. The number of sulfonamides is 1. The van der Waals surface area contributed by atoms with Crippen molar-refractivity contribution in [1.29, 1.82) is 0 Å². The Labute approximate surface area is 209 Å². The summed E-state index contributed by atoms with van der Waals surface area (Å²) in [6.07, 6.45) is 10.4. The highest BCUT2D eigenvalue weighted by Gasteiger charge is 2.18. The van der Waals surface area contributed by atoms with Crippen LogP contribution in [0.3, 0.4) is 0 Å². The number of halogens is 1. The average Bonchev–Trinajstić information content (AvgIpc) is 2.76. The topological polar surface area (TPSA) is 85.4 Å². The molecule has 1 atom stereocenters. The van der Waals surface area contributed by atoms with E-state index in [2.05, 4.69) is 15.8 Å². The first kappa shape index (κ1) is 28.3. The molecule has 1 heterocycles. The Morgan fingerprint density at radius 3 is 2.41 bits per heavy atom. The molecule has 0 fully saturated rings. The van der Waals surface area contributed by atoms with Gasteiger partial charge in [0, 0.05) is 30.4 Å². The van der Waals surface area contributed by atoms with Crippen molar-refractivity contribution in [3.05, 3.63) is 59.4 Å². The van der Waals surface area contributed by atoms with Gasteiger partial charge < -0.3 is 4.74 Å². The summed E-state index contributed by atoms with van der Waals surface area (Å²) in [6.45, 7) is 6.00. The van der Waals surface area contributed by atoms with Crippen LogP contribution in [0.25, 0.3) is 0 Å². The highest BCUT2D eigenvalue weighted by Crippen LogP contribution is 2.23. The van der Waals surface area contributed by atoms with Gasteiger partial charge in [-0.3, -0.25) is 9.78 Å². The van der Waals surface area contributed by atoms with E-state index >= 15 is 0 Å². The van der Waals surface area contributed by atoms with Crippen LogP contribution in [0.4, 0.5) is 0 Å². The number of aryl methyl sites for hydroxylation is 1. The molecule has 0 spiro atoms. The fraction of sp³-hybridized carbons (Fsp3) is 0.538. The van der Waals surface area contributed by atoms with Gasteiger partial charge in [0.1, 0.15) is 5.60 Å². The van der Waals surface area contributed by atoms with Crippen molar-refractivity contribution in [1.82, 2.24) is 9.71 Å². The molecule has 0 aliphatic heterocycles. The number of nitrogens with zero attached hydrogens (tertiary/aromatic N) is 1. The Kier molecular flexibility index (Phi) is 11.5. The van der Waals surface area contributed by atoms with Gasteiger partial charge in [0.2, 0.25) is 10.0 Å². The van der Waals surface area contributed by atoms with Crippen LogP contribution in [0.15, 0.2) is 53.7 Å². The lowest BCUT2D eigenvalue weighted by molar-refractivity contribution is -0.155. The van der Waals surface area contributed by atoms with E-state index < -0.39 is 15.6 Å². The molecule has 1 N–H and O–H groups in total. The average molecular weight is 509 g/mol. The molecule has 8 heteroatoms. The highest BCUT2D eigenvalue weighted by atomic mass is 35.5. The Bertz CT molecular complexity index is 974. The van der Waals surface area contributed by atoms with E-state index in [0.717, 1.165) is 44.9 Å². The van der Waals surface area contributed by atoms with Crippen LogP contribution >= 0.6 is 11.6 Å². The number of nitrogens with one attached hydrogen (secondary N) is 1. The van der Waals surface area contributed by atoms with Crippen molar-refractivity contribution in [3.63, 3.8) is 0 Å². The molecule has 6 nitrogen and oxygen atoms in total.